The minimum absolute atomic E-state index is 0.464. The highest BCUT2D eigenvalue weighted by Crippen LogP contribution is 1.90. The zero-order chi connectivity index (χ0) is 9.68. The van der Waals surface area contributed by atoms with E-state index in [2.05, 4.69) is 35.8 Å². The lowest BCUT2D eigenvalue weighted by atomic mass is 10.4. The van der Waals surface area contributed by atoms with Gasteiger partial charge in [-0.25, -0.2) is 9.67 Å². The van der Waals surface area contributed by atoms with Crippen LogP contribution < -0.4 is 5.32 Å². The van der Waals surface area contributed by atoms with Crippen LogP contribution in [0.25, 0.3) is 0 Å². The first-order valence-electron chi connectivity index (χ1n) is 4.45. The Kier molecular flexibility index (Phi) is 3.64. The van der Waals surface area contributed by atoms with Gasteiger partial charge in [-0.1, -0.05) is 19.9 Å². The van der Waals surface area contributed by atoms with E-state index in [9.17, 15) is 0 Å². The number of hydrogen-bond donors (Lipinski definition) is 1. The van der Waals surface area contributed by atoms with Gasteiger partial charge in [-0.05, 0) is 0 Å². The van der Waals surface area contributed by atoms with Crippen molar-refractivity contribution >= 4 is 0 Å². The average Bonchev–Trinajstić information content (AvgIpc) is 2.50. The molecule has 0 spiro atoms. The molecule has 0 fully saturated rings. The summed E-state index contributed by atoms with van der Waals surface area (Å²) in [6.45, 7) is 9.27. The molecule has 72 valence electrons. The maximum absolute atomic E-state index is 4.24. The molecule has 0 aromatic carbocycles. The second-order valence-electron chi connectivity index (χ2n) is 3.21. The normalized spacial score (nSPS) is 10.7. The molecule has 0 saturated heterocycles. The highest BCUT2D eigenvalue weighted by molar-refractivity contribution is 4.82. The largest absolute Gasteiger partial charge is 0.308 e. The lowest BCUT2D eigenvalue weighted by Crippen LogP contribution is -2.22. The van der Waals surface area contributed by atoms with E-state index in [1.165, 1.54) is 0 Å². The summed E-state index contributed by atoms with van der Waals surface area (Å²) >= 11 is 0. The highest BCUT2D eigenvalue weighted by atomic mass is 15.3. The Bertz CT molecular complexity index is 264. The minimum atomic E-state index is 0.464. The number of nitrogens with one attached hydrogen (secondary N) is 1. The Morgan fingerprint density at radius 1 is 1.69 bits per heavy atom. The third-order valence-electron chi connectivity index (χ3n) is 1.57. The molecule has 0 radical (unpaired) electrons. The summed E-state index contributed by atoms with van der Waals surface area (Å²) in [5.41, 5.74) is 0. The molecule has 1 aromatic heterocycles. The zero-order valence-corrected chi connectivity index (χ0v) is 8.20. The van der Waals surface area contributed by atoms with Crippen LogP contribution in [0.3, 0.4) is 0 Å². The van der Waals surface area contributed by atoms with Gasteiger partial charge in [0.25, 0.3) is 0 Å². The minimum Gasteiger partial charge on any atom is -0.308 e. The van der Waals surface area contributed by atoms with E-state index in [4.69, 9.17) is 0 Å². The first-order valence-corrected chi connectivity index (χ1v) is 4.45. The fourth-order valence-corrected chi connectivity index (χ4v) is 0.930. The Balaban J connectivity index is 2.44. The predicted molar refractivity (Wildman–Crippen MR) is 52.2 cm³/mol. The Morgan fingerprint density at radius 2 is 2.46 bits per heavy atom. The summed E-state index contributed by atoms with van der Waals surface area (Å²) in [4.78, 5) is 4.15. The molecule has 1 heterocycles. The van der Waals surface area contributed by atoms with Crippen LogP contribution in [0.15, 0.2) is 19.0 Å². The Hall–Kier alpha value is -1.16. The quantitative estimate of drug-likeness (QED) is 0.686. The van der Waals surface area contributed by atoms with Gasteiger partial charge in [0, 0.05) is 6.04 Å². The van der Waals surface area contributed by atoms with Gasteiger partial charge in [0.1, 0.15) is 6.33 Å². The van der Waals surface area contributed by atoms with E-state index in [1.54, 1.807) is 17.1 Å². The molecule has 0 aliphatic heterocycles. The SMILES string of the molecule is C=CCn1cnc(CNC(C)C)n1. The standard InChI is InChI=1S/C9H16N4/c1-4-5-13-7-11-9(12-13)6-10-8(2)3/h4,7-8,10H,1,5-6H2,2-3H3. The smallest absolute Gasteiger partial charge is 0.164 e. The summed E-state index contributed by atoms with van der Waals surface area (Å²) in [5.74, 6) is 0.829. The first-order chi connectivity index (χ1) is 6.22. The van der Waals surface area contributed by atoms with E-state index in [-0.39, 0.29) is 0 Å². The van der Waals surface area contributed by atoms with E-state index in [0.29, 0.717) is 12.6 Å². The summed E-state index contributed by atoms with van der Waals surface area (Å²) in [6, 6.07) is 0.464. The average molecular weight is 180 g/mol. The van der Waals surface area contributed by atoms with Gasteiger partial charge in [0.15, 0.2) is 5.82 Å². The van der Waals surface area contributed by atoms with Crippen LogP contribution in [0.1, 0.15) is 19.7 Å². The van der Waals surface area contributed by atoms with Crippen molar-refractivity contribution in [2.75, 3.05) is 0 Å². The van der Waals surface area contributed by atoms with Gasteiger partial charge in [0.05, 0.1) is 13.1 Å². The monoisotopic (exact) mass is 180 g/mol. The van der Waals surface area contributed by atoms with Gasteiger partial charge in [-0.2, -0.15) is 5.10 Å². The number of aromatic nitrogens is 3. The summed E-state index contributed by atoms with van der Waals surface area (Å²) < 4.78 is 1.77. The molecule has 0 atom stereocenters. The van der Waals surface area contributed by atoms with E-state index in [1.807, 2.05) is 0 Å². The molecule has 0 aliphatic carbocycles. The second-order valence-corrected chi connectivity index (χ2v) is 3.21. The molecule has 1 N–H and O–H groups in total. The van der Waals surface area contributed by atoms with E-state index >= 15 is 0 Å². The van der Waals surface area contributed by atoms with Crippen LogP contribution in [-0.2, 0) is 13.1 Å². The molecule has 0 aliphatic rings. The first kappa shape index (κ1) is 9.92. The zero-order valence-electron chi connectivity index (χ0n) is 8.20. The molecule has 1 aromatic rings. The van der Waals surface area contributed by atoms with Crippen molar-refractivity contribution in [1.29, 1.82) is 0 Å². The third-order valence-corrected chi connectivity index (χ3v) is 1.57. The van der Waals surface area contributed by atoms with Gasteiger partial charge < -0.3 is 5.32 Å². The van der Waals surface area contributed by atoms with Gasteiger partial charge >= 0.3 is 0 Å². The van der Waals surface area contributed by atoms with Crippen molar-refractivity contribution in [1.82, 2.24) is 20.1 Å². The van der Waals surface area contributed by atoms with E-state index < -0.39 is 0 Å². The molecule has 0 unspecified atom stereocenters. The van der Waals surface area contributed by atoms with Crippen molar-refractivity contribution in [2.24, 2.45) is 0 Å². The van der Waals surface area contributed by atoms with Crippen LogP contribution in [0.5, 0.6) is 0 Å². The van der Waals surface area contributed by atoms with Gasteiger partial charge in [-0.3, -0.25) is 0 Å². The van der Waals surface area contributed by atoms with Crippen molar-refractivity contribution < 1.29 is 0 Å². The summed E-state index contributed by atoms with van der Waals surface area (Å²) in [5, 5.41) is 7.50. The van der Waals surface area contributed by atoms with Crippen LogP contribution in [0.2, 0.25) is 0 Å². The summed E-state index contributed by atoms with van der Waals surface area (Å²) in [6.07, 6.45) is 3.52. The third kappa shape index (κ3) is 3.38. The van der Waals surface area contributed by atoms with Gasteiger partial charge in [0.2, 0.25) is 0 Å². The molecule has 0 amide bonds. The molecule has 13 heavy (non-hydrogen) atoms. The number of rotatable bonds is 5. The topological polar surface area (TPSA) is 42.7 Å². The van der Waals surface area contributed by atoms with Crippen LogP contribution in [0.4, 0.5) is 0 Å². The molecule has 1 rings (SSSR count). The van der Waals surface area contributed by atoms with Crippen LogP contribution in [-0.4, -0.2) is 20.8 Å². The Labute approximate surface area is 78.7 Å². The van der Waals surface area contributed by atoms with Crippen molar-refractivity contribution in [3.63, 3.8) is 0 Å². The molecular weight excluding hydrogens is 164 g/mol. The molecule has 0 saturated carbocycles. The number of hydrogen-bond acceptors (Lipinski definition) is 3. The molecule has 0 bridgehead atoms. The predicted octanol–water partition coefficient (Wildman–Crippen LogP) is 0.962. The van der Waals surface area contributed by atoms with E-state index in [0.717, 1.165) is 12.4 Å². The Morgan fingerprint density at radius 3 is 3.08 bits per heavy atom. The van der Waals surface area contributed by atoms with Crippen molar-refractivity contribution in [3.05, 3.63) is 24.8 Å². The number of allylic oxidation sites excluding steroid dienone is 1. The fourth-order valence-electron chi connectivity index (χ4n) is 0.930. The maximum Gasteiger partial charge on any atom is 0.164 e. The summed E-state index contributed by atoms with van der Waals surface area (Å²) in [7, 11) is 0. The van der Waals surface area contributed by atoms with Crippen LogP contribution in [0, 0.1) is 0 Å². The molecular formula is C9H16N4. The lowest BCUT2D eigenvalue weighted by Gasteiger charge is -2.03. The second kappa shape index (κ2) is 4.77. The number of nitrogens with zero attached hydrogens (tertiary/aromatic N) is 3. The van der Waals surface area contributed by atoms with Crippen molar-refractivity contribution in [2.45, 2.75) is 33.0 Å². The molecule has 4 heteroatoms. The lowest BCUT2D eigenvalue weighted by molar-refractivity contribution is 0.566. The highest BCUT2D eigenvalue weighted by Gasteiger charge is 1.99. The fraction of sp³-hybridized carbons (Fsp3) is 0.556. The van der Waals surface area contributed by atoms with Gasteiger partial charge in [-0.15, -0.1) is 6.58 Å². The van der Waals surface area contributed by atoms with Crippen molar-refractivity contribution in [3.8, 4) is 0 Å². The maximum atomic E-state index is 4.24. The van der Waals surface area contributed by atoms with Crippen LogP contribution >= 0.6 is 0 Å². The molecule has 4 nitrogen and oxygen atoms in total.